The summed E-state index contributed by atoms with van der Waals surface area (Å²) in [5.74, 6) is 0.591. The Balaban J connectivity index is 1.70. The summed E-state index contributed by atoms with van der Waals surface area (Å²) in [6.45, 7) is 0. The van der Waals surface area contributed by atoms with Crippen LogP contribution in [0.25, 0.3) is 0 Å². The maximum absolute atomic E-state index is 9.61. The van der Waals surface area contributed by atoms with Gasteiger partial charge in [0, 0.05) is 23.2 Å². The molecule has 4 rings (SSSR count). The molecular weight excluding hydrogens is 408 g/mol. The summed E-state index contributed by atoms with van der Waals surface area (Å²) in [5.41, 5.74) is 14.9. The topological polar surface area (TPSA) is 124 Å². The largest absolute Gasteiger partial charge is 0.422 e. The summed E-state index contributed by atoms with van der Waals surface area (Å²) in [6.07, 6.45) is 3.31. The molecule has 29 heavy (non-hydrogen) atoms. The minimum absolute atomic E-state index is 0.000560. The monoisotopic (exact) mass is 422 g/mol. The maximum atomic E-state index is 9.61. The van der Waals surface area contributed by atoms with E-state index in [1.54, 1.807) is 18.5 Å². The standard InChI is InChI=1S/C20H15ClN6OS/c21-13-5-3-11(4-6-13)10-29-20-26-17(23)16-15(12-2-1-7-25-9-12)14(8-22)18(24)28-19(16)27-20/h1-7,9,15H,10,24H2,(H2,23,26,27). The highest BCUT2D eigenvalue weighted by Crippen LogP contribution is 2.44. The fourth-order valence-electron chi connectivity index (χ4n) is 3.03. The van der Waals surface area contributed by atoms with E-state index in [4.69, 9.17) is 27.8 Å². The molecule has 0 fully saturated rings. The number of nitrogens with zero attached hydrogens (tertiary/aromatic N) is 4. The van der Waals surface area contributed by atoms with Crippen LogP contribution < -0.4 is 16.2 Å². The van der Waals surface area contributed by atoms with Gasteiger partial charge < -0.3 is 16.2 Å². The SMILES string of the molecule is N#CC1=C(N)Oc2nc(SCc3ccc(Cl)cc3)nc(N)c2C1c1cccnc1. The molecule has 1 atom stereocenters. The molecule has 0 spiro atoms. The Labute approximate surface area is 176 Å². The Morgan fingerprint density at radius 2 is 1.97 bits per heavy atom. The minimum Gasteiger partial charge on any atom is -0.422 e. The Morgan fingerprint density at radius 1 is 1.17 bits per heavy atom. The number of thioether (sulfide) groups is 1. The number of pyridine rings is 1. The number of aromatic nitrogens is 3. The Kier molecular flexibility index (Phi) is 5.25. The van der Waals surface area contributed by atoms with Crippen LogP contribution in [0.3, 0.4) is 0 Å². The molecule has 144 valence electrons. The molecule has 0 saturated heterocycles. The zero-order valence-corrected chi connectivity index (χ0v) is 16.6. The Morgan fingerprint density at radius 3 is 2.66 bits per heavy atom. The highest BCUT2D eigenvalue weighted by atomic mass is 35.5. The number of anilines is 1. The van der Waals surface area contributed by atoms with Gasteiger partial charge in [0.1, 0.15) is 17.5 Å². The second-order valence-corrected chi connectivity index (χ2v) is 7.62. The molecule has 1 aliphatic rings. The van der Waals surface area contributed by atoms with Crippen molar-refractivity contribution in [1.29, 1.82) is 5.26 Å². The maximum Gasteiger partial charge on any atom is 0.231 e. The van der Waals surface area contributed by atoms with E-state index < -0.39 is 5.92 Å². The summed E-state index contributed by atoms with van der Waals surface area (Å²) < 4.78 is 5.63. The molecule has 0 bridgehead atoms. The second-order valence-electron chi connectivity index (χ2n) is 6.24. The van der Waals surface area contributed by atoms with Crippen molar-refractivity contribution in [2.45, 2.75) is 16.8 Å². The smallest absolute Gasteiger partial charge is 0.231 e. The van der Waals surface area contributed by atoms with Crippen LogP contribution in [0.4, 0.5) is 5.82 Å². The number of allylic oxidation sites excluding steroid dienone is 1. The van der Waals surface area contributed by atoms with Crippen LogP contribution in [-0.4, -0.2) is 15.0 Å². The summed E-state index contributed by atoms with van der Waals surface area (Å²) in [7, 11) is 0. The number of nitrogens with two attached hydrogens (primary N) is 2. The van der Waals surface area contributed by atoms with Crippen LogP contribution in [0, 0.1) is 11.3 Å². The van der Waals surface area contributed by atoms with E-state index in [0.717, 1.165) is 11.1 Å². The molecule has 3 heterocycles. The van der Waals surface area contributed by atoms with Crippen molar-refractivity contribution in [3.8, 4) is 11.9 Å². The minimum atomic E-state index is -0.534. The molecule has 2 aromatic heterocycles. The van der Waals surface area contributed by atoms with E-state index in [0.29, 0.717) is 21.5 Å². The van der Waals surface area contributed by atoms with E-state index >= 15 is 0 Å². The third-order valence-electron chi connectivity index (χ3n) is 4.39. The van der Waals surface area contributed by atoms with Gasteiger partial charge in [0.05, 0.1) is 11.5 Å². The number of halogens is 1. The molecule has 1 aliphatic heterocycles. The van der Waals surface area contributed by atoms with Gasteiger partial charge in [-0.05, 0) is 29.3 Å². The predicted molar refractivity (Wildman–Crippen MR) is 111 cm³/mol. The van der Waals surface area contributed by atoms with E-state index in [-0.39, 0.29) is 23.2 Å². The van der Waals surface area contributed by atoms with Gasteiger partial charge in [-0.1, -0.05) is 41.6 Å². The number of hydrogen-bond donors (Lipinski definition) is 2. The molecular formula is C20H15ClN6OS. The van der Waals surface area contributed by atoms with Crippen LogP contribution in [0.5, 0.6) is 5.88 Å². The predicted octanol–water partition coefficient (Wildman–Crippen LogP) is 3.62. The van der Waals surface area contributed by atoms with Crippen molar-refractivity contribution in [3.63, 3.8) is 0 Å². The van der Waals surface area contributed by atoms with Gasteiger partial charge in [0.25, 0.3) is 0 Å². The van der Waals surface area contributed by atoms with E-state index in [2.05, 4.69) is 21.0 Å². The quantitative estimate of drug-likeness (QED) is 0.482. The molecule has 0 radical (unpaired) electrons. The molecule has 0 amide bonds. The first kappa shape index (κ1) is 19.1. The lowest BCUT2D eigenvalue weighted by Crippen LogP contribution is -2.23. The molecule has 1 aromatic carbocycles. The summed E-state index contributed by atoms with van der Waals surface area (Å²) >= 11 is 7.33. The van der Waals surface area contributed by atoms with Gasteiger partial charge in [0.2, 0.25) is 11.8 Å². The van der Waals surface area contributed by atoms with Crippen molar-refractivity contribution in [3.05, 3.63) is 82.0 Å². The molecule has 9 heteroatoms. The summed E-state index contributed by atoms with van der Waals surface area (Å²) in [6, 6.07) is 13.3. The number of nitrogen functional groups attached to an aromatic ring is 1. The average Bonchev–Trinajstić information content (AvgIpc) is 2.73. The Hall–Kier alpha value is -3.28. The van der Waals surface area contributed by atoms with Crippen molar-refractivity contribution < 1.29 is 4.74 Å². The fraction of sp³-hybridized carbons (Fsp3) is 0.100. The zero-order valence-electron chi connectivity index (χ0n) is 15.0. The lowest BCUT2D eigenvalue weighted by atomic mass is 9.85. The Bertz CT molecular complexity index is 1130. The van der Waals surface area contributed by atoms with E-state index in [1.165, 1.54) is 11.8 Å². The van der Waals surface area contributed by atoms with E-state index in [9.17, 15) is 5.26 Å². The van der Waals surface area contributed by atoms with Gasteiger partial charge in [-0.25, -0.2) is 4.98 Å². The highest BCUT2D eigenvalue weighted by molar-refractivity contribution is 7.98. The third-order valence-corrected chi connectivity index (χ3v) is 5.56. The normalized spacial score (nSPS) is 15.4. The van der Waals surface area contributed by atoms with Gasteiger partial charge in [-0.2, -0.15) is 10.2 Å². The van der Waals surface area contributed by atoms with Crippen LogP contribution >= 0.6 is 23.4 Å². The highest BCUT2D eigenvalue weighted by Gasteiger charge is 2.34. The first-order valence-electron chi connectivity index (χ1n) is 8.59. The van der Waals surface area contributed by atoms with Crippen LogP contribution in [0.1, 0.15) is 22.6 Å². The zero-order chi connectivity index (χ0) is 20.4. The number of rotatable bonds is 4. The van der Waals surface area contributed by atoms with Crippen molar-refractivity contribution in [1.82, 2.24) is 15.0 Å². The lowest BCUT2D eigenvalue weighted by molar-refractivity contribution is 0.372. The average molecular weight is 423 g/mol. The number of fused-ring (bicyclic) bond motifs is 1. The van der Waals surface area contributed by atoms with Crippen molar-refractivity contribution in [2.24, 2.45) is 5.73 Å². The molecule has 7 nitrogen and oxygen atoms in total. The lowest BCUT2D eigenvalue weighted by Gasteiger charge is -2.26. The van der Waals surface area contributed by atoms with Gasteiger partial charge >= 0.3 is 0 Å². The van der Waals surface area contributed by atoms with E-state index in [1.807, 2.05) is 30.3 Å². The fourth-order valence-corrected chi connectivity index (χ4v) is 3.96. The molecule has 1 unspecified atom stereocenters. The van der Waals surface area contributed by atoms with Crippen LogP contribution in [-0.2, 0) is 5.75 Å². The van der Waals surface area contributed by atoms with Crippen LogP contribution in [0.15, 0.2) is 65.4 Å². The number of nitriles is 1. The third kappa shape index (κ3) is 3.83. The van der Waals surface area contributed by atoms with Gasteiger partial charge in [-0.3, -0.25) is 4.98 Å². The molecule has 3 aromatic rings. The van der Waals surface area contributed by atoms with Crippen LogP contribution in [0.2, 0.25) is 5.02 Å². The number of hydrogen-bond acceptors (Lipinski definition) is 8. The van der Waals surface area contributed by atoms with Crippen molar-refractivity contribution >= 4 is 29.2 Å². The van der Waals surface area contributed by atoms with Crippen molar-refractivity contribution in [2.75, 3.05) is 5.73 Å². The summed E-state index contributed by atoms with van der Waals surface area (Å²) in [5, 5.41) is 10.7. The number of benzene rings is 1. The molecule has 4 N–H and O–H groups in total. The first-order valence-corrected chi connectivity index (χ1v) is 9.95. The second kappa shape index (κ2) is 7.99. The van der Waals surface area contributed by atoms with Gasteiger partial charge in [0.15, 0.2) is 5.16 Å². The first-order chi connectivity index (χ1) is 14.1. The summed E-state index contributed by atoms with van der Waals surface area (Å²) in [4.78, 5) is 13.0. The molecule has 0 saturated carbocycles. The van der Waals surface area contributed by atoms with Gasteiger partial charge in [-0.15, -0.1) is 0 Å². The number of ether oxygens (including phenoxy) is 1. The molecule has 0 aliphatic carbocycles.